The number of hydrogen-bond acceptors (Lipinski definition) is 5. The van der Waals surface area contributed by atoms with Gasteiger partial charge in [0.2, 0.25) is 0 Å². The average Bonchev–Trinajstić information content (AvgIpc) is 2.74. The van der Waals surface area contributed by atoms with Crippen molar-refractivity contribution in [3.63, 3.8) is 0 Å². The maximum atomic E-state index is 11.8. The van der Waals surface area contributed by atoms with Crippen molar-refractivity contribution in [1.29, 1.82) is 0 Å². The number of amides is 1. The Balaban J connectivity index is 2.04. The first-order valence-corrected chi connectivity index (χ1v) is 8.25. The molecule has 6 nitrogen and oxygen atoms in total. The second-order valence-corrected chi connectivity index (χ2v) is 7.54. The van der Waals surface area contributed by atoms with E-state index in [0.29, 0.717) is 24.3 Å². The Hall–Kier alpha value is -1.63. The molecule has 1 amide bonds. The van der Waals surface area contributed by atoms with Gasteiger partial charge in [0, 0.05) is 32.5 Å². The molecule has 2 heterocycles. The summed E-state index contributed by atoms with van der Waals surface area (Å²) in [7, 11) is 0.373. The van der Waals surface area contributed by atoms with Crippen molar-refractivity contribution in [1.82, 2.24) is 9.88 Å². The molecule has 1 aromatic heterocycles. The van der Waals surface area contributed by atoms with Crippen molar-refractivity contribution in [3.05, 3.63) is 24.0 Å². The molecule has 0 spiro atoms. The van der Waals surface area contributed by atoms with Crippen LogP contribution in [-0.2, 0) is 9.84 Å². The number of carbonyl (C=O) groups excluding carboxylic acids is 1. The molecule has 0 aromatic carbocycles. The molecule has 0 saturated carbocycles. The first-order chi connectivity index (χ1) is 9.40. The van der Waals surface area contributed by atoms with Gasteiger partial charge in [-0.25, -0.2) is 8.42 Å². The summed E-state index contributed by atoms with van der Waals surface area (Å²) in [6.07, 6.45) is 2.97. The second-order valence-electron chi connectivity index (χ2n) is 5.14. The van der Waals surface area contributed by atoms with E-state index in [9.17, 15) is 13.2 Å². The molecule has 20 heavy (non-hydrogen) atoms. The van der Waals surface area contributed by atoms with Crippen LogP contribution < -0.4 is 5.32 Å². The Morgan fingerprint density at radius 2 is 2.25 bits per heavy atom. The average molecular weight is 297 g/mol. The maximum Gasteiger partial charge on any atom is 0.272 e. The lowest BCUT2D eigenvalue weighted by Gasteiger charge is -2.13. The van der Waals surface area contributed by atoms with Gasteiger partial charge in [-0.05, 0) is 25.0 Å². The van der Waals surface area contributed by atoms with Crippen LogP contribution in [0.25, 0.3) is 0 Å². The lowest BCUT2D eigenvalue weighted by atomic mass is 10.2. The number of rotatable bonds is 4. The summed E-state index contributed by atoms with van der Waals surface area (Å²) >= 11 is 0. The van der Waals surface area contributed by atoms with Crippen LogP contribution >= 0.6 is 0 Å². The van der Waals surface area contributed by atoms with Crippen molar-refractivity contribution in [2.45, 2.75) is 18.1 Å². The summed E-state index contributed by atoms with van der Waals surface area (Å²) in [5.41, 5.74) is 1.06. The summed E-state index contributed by atoms with van der Waals surface area (Å²) in [4.78, 5) is 17.3. The molecule has 1 aromatic rings. The molecular formula is C13H19N3O3S. The van der Waals surface area contributed by atoms with E-state index in [1.807, 2.05) is 0 Å². The zero-order valence-corrected chi connectivity index (χ0v) is 12.5. The zero-order valence-electron chi connectivity index (χ0n) is 11.7. The molecule has 1 saturated heterocycles. The van der Waals surface area contributed by atoms with Crippen LogP contribution in [0.5, 0.6) is 0 Å². The normalized spacial score (nSPS) is 20.6. The lowest BCUT2D eigenvalue weighted by Crippen LogP contribution is -2.25. The fourth-order valence-corrected chi connectivity index (χ4v) is 3.97. The molecule has 1 unspecified atom stereocenters. The Morgan fingerprint density at radius 3 is 2.85 bits per heavy atom. The smallest absolute Gasteiger partial charge is 0.272 e. The highest BCUT2D eigenvalue weighted by Crippen LogP contribution is 2.20. The molecule has 1 fully saturated rings. The number of nitrogens with one attached hydrogen (secondary N) is 1. The first kappa shape index (κ1) is 14.8. The van der Waals surface area contributed by atoms with E-state index in [4.69, 9.17) is 0 Å². The predicted octanol–water partition coefficient (Wildman–Crippen LogP) is 0.772. The molecule has 1 atom stereocenters. The summed E-state index contributed by atoms with van der Waals surface area (Å²) in [6.45, 7) is 0.377. The van der Waals surface area contributed by atoms with Crippen molar-refractivity contribution < 1.29 is 13.2 Å². The largest absolute Gasteiger partial charge is 0.384 e. The van der Waals surface area contributed by atoms with Crippen molar-refractivity contribution in [3.8, 4) is 0 Å². The number of pyridine rings is 1. The van der Waals surface area contributed by atoms with Crippen LogP contribution in [0.4, 0.5) is 5.69 Å². The van der Waals surface area contributed by atoms with E-state index >= 15 is 0 Å². The second kappa shape index (κ2) is 5.78. The predicted molar refractivity (Wildman–Crippen MR) is 77.6 cm³/mol. The van der Waals surface area contributed by atoms with Gasteiger partial charge >= 0.3 is 0 Å². The minimum absolute atomic E-state index is 0.179. The van der Waals surface area contributed by atoms with E-state index in [1.54, 1.807) is 32.4 Å². The molecule has 7 heteroatoms. The minimum Gasteiger partial charge on any atom is -0.384 e. The van der Waals surface area contributed by atoms with Gasteiger partial charge in [0.25, 0.3) is 5.91 Å². The SMILES string of the molecule is CN(C)C(=O)c1cc(NCC2CCCS2(=O)=O)ccn1. The Morgan fingerprint density at radius 1 is 1.50 bits per heavy atom. The molecule has 2 rings (SSSR count). The number of nitrogens with zero attached hydrogens (tertiary/aromatic N) is 2. The molecule has 1 aliphatic heterocycles. The zero-order chi connectivity index (χ0) is 14.8. The maximum absolute atomic E-state index is 11.8. The quantitative estimate of drug-likeness (QED) is 0.888. The van der Waals surface area contributed by atoms with Crippen LogP contribution in [0.2, 0.25) is 0 Å². The summed E-state index contributed by atoms with van der Waals surface area (Å²) in [5, 5.41) is 2.76. The number of carbonyl (C=O) groups is 1. The summed E-state index contributed by atoms with van der Waals surface area (Å²) < 4.78 is 23.5. The minimum atomic E-state index is -2.95. The highest BCUT2D eigenvalue weighted by Gasteiger charge is 2.30. The molecule has 0 aliphatic carbocycles. The molecular weight excluding hydrogens is 278 g/mol. The van der Waals surface area contributed by atoms with Gasteiger partial charge in [-0.1, -0.05) is 0 Å². The third-order valence-corrected chi connectivity index (χ3v) is 5.66. The molecule has 110 valence electrons. The lowest BCUT2D eigenvalue weighted by molar-refractivity contribution is 0.0822. The number of aromatic nitrogens is 1. The van der Waals surface area contributed by atoms with E-state index in [1.165, 1.54) is 4.90 Å². The monoisotopic (exact) mass is 297 g/mol. The molecule has 0 radical (unpaired) electrons. The fraction of sp³-hybridized carbons (Fsp3) is 0.538. The van der Waals surface area contributed by atoms with Gasteiger partial charge in [-0.2, -0.15) is 0 Å². The van der Waals surface area contributed by atoms with Gasteiger partial charge < -0.3 is 10.2 Å². The topological polar surface area (TPSA) is 79.4 Å². The van der Waals surface area contributed by atoms with Gasteiger partial charge in [0.15, 0.2) is 9.84 Å². The van der Waals surface area contributed by atoms with Crippen LogP contribution in [0.1, 0.15) is 23.3 Å². The van der Waals surface area contributed by atoms with Crippen molar-refractivity contribution in [2.24, 2.45) is 0 Å². The first-order valence-electron chi connectivity index (χ1n) is 6.53. The van der Waals surface area contributed by atoms with E-state index in [0.717, 1.165) is 6.42 Å². The van der Waals surface area contributed by atoms with Crippen LogP contribution in [0.15, 0.2) is 18.3 Å². The van der Waals surface area contributed by atoms with Crippen molar-refractivity contribution in [2.75, 3.05) is 31.7 Å². The van der Waals surface area contributed by atoms with Gasteiger partial charge in [-0.3, -0.25) is 9.78 Å². The van der Waals surface area contributed by atoms with E-state index < -0.39 is 9.84 Å². The van der Waals surface area contributed by atoms with Gasteiger partial charge in [-0.15, -0.1) is 0 Å². The number of anilines is 1. The molecule has 0 bridgehead atoms. The Labute approximate surface area is 119 Å². The van der Waals surface area contributed by atoms with Gasteiger partial charge in [0.1, 0.15) is 5.69 Å². The van der Waals surface area contributed by atoms with Crippen LogP contribution in [0, 0.1) is 0 Å². The summed E-state index contributed by atoms with van der Waals surface area (Å²) in [6, 6.07) is 3.37. The third kappa shape index (κ3) is 3.27. The standard InChI is InChI=1S/C13H19N3O3S/c1-16(2)13(17)12-8-10(5-6-14-12)15-9-11-4-3-7-20(11,18)19/h5-6,8,11H,3-4,7,9H2,1-2H3,(H,14,15). The van der Waals surface area contributed by atoms with E-state index in [-0.39, 0.29) is 16.9 Å². The van der Waals surface area contributed by atoms with Crippen LogP contribution in [0.3, 0.4) is 0 Å². The van der Waals surface area contributed by atoms with E-state index in [2.05, 4.69) is 10.3 Å². The third-order valence-electron chi connectivity index (χ3n) is 3.38. The number of sulfone groups is 1. The molecule has 1 aliphatic rings. The Bertz CT molecular complexity index is 599. The Kier molecular flexibility index (Phi) is 4.27. The highest BCUT2D eigenvalue weighted by atomic mass is 32.2. The molecule has 1 N–H and O–H groups in total. The van der Waals surface area contributed by atoms with Gasteiger partial charge in [0.05, 0.1) is 11.0 Å². The van der Waals surface area contributed by atoms with Crippen LogP contribution in [-0.4, -0.2) is 55.9 Å². The van der Waals surface area contributed by atoms with Crippen molar-refractivity contribution >= 4 is 21.4 Å². The summed E-state index contributed by atoms with van der Waals surface area (Å²) in [5.74, 6) is 0.0993. The number of hydrogen-bond donors (Lipinski definition) is 1. The highest BCUT2D eigenvalue weighted by molar-refractivity contribution is 7.92. The fourth-order valence-electron chi connectivity index (χ4n) is 2.21.